The summed E-state index contributed by atoms with van der Waals surface area (Å²) in [6.45, 7) is 0.690. The Labute approximate surface area is 96.3 Å². The highest BCUT2D eigenvalue weighted by molar-refractivity contribution is 5.80. The molecular formula is C11H22N2O3. The van der Waals surface area contributed by atoms with Crippen LogP contribution in [0.1, 0.15) is 25.7 Å². The average molecular weight is 230 g/mol. The normalized spacial score (nSPS) is 27.4. The molecule has 94 valence electrons. The molecule has 0 spiro atoms. The molecule has 0 aliphatic heterocycles. The minimum atomic E-state index is -0.583. The maximum Gasteiger partial charge on any atom is 0.250 e. The standard InChI is InChI=1S/C11H22N2O3/c1-16-10(6-12)11(15)13-7-8-4-2-3-5-9(8)14/h8-10,14H,2-7,12H2,1H3,(H,13,15). The molecule has 1 aliphatic carbocycles. The summed E-state index contributed by atoms with van der Waals surface area (Å²) in [6, 6.07) is 0. The molecule has 3 unspecified atom stereocenters. The van der Waals surface area contributed by atoms with Crippen LogP contribution in [0.25, 0.3) is 0 Å². The lowest BCUT2D eigenvalue weighted by molar-refractivity contribution is -0.130. The zero-order chi connectivity index (χ0) is 12.0. The molecule has 0 aromatic rings. The number of nitrogens with one attached hydrogen (secondary N) is 1. The SMILES string of the molecule is COC(CN)C(=O)NCC1CCCCC1O. The van der Waals surface area contributed by atoms with Gasteiger partial charge in [0, 0.05) is 26.1 Å². The van der Waals surface area contributed by atoms with Crippen LogP contribution in [0.5, 0.6) is 0 Å². The van der Waals surface area contributed by atoms with Gasteiger partial charge in [-0.2, -0.15) is 0 Å². The van der Waals surface area contributed by atoms with Crippen LogP contribution in [0.4, 0.5) is 0 Å². The predicted octanol–water partition coefficient (Wildman–Crippen LogP) is -0.373. The van der Waals surface area contributed by atoms with E-state index < -0.39 is 6.10 Å². The zero-order valence-electron chi connectivity index (χ0n) is 9.82. The number of hydrogen-bond donors (Lipinski definition) is 3. The van der Waals surface area contributed by atoms with Crippen molar-refractivity contribution >= 4 is 5.91 Å². The van der Waals surface area contributed by atoms with Crippen molar-refractivity contribution in [2.45, 2.75) is 37.9 Å². The largest absolute Gasteiger partial charge is 0.393 e. The third-order valence-corrected chi connectivity index (χ3v) is 3.20. The van der Waals surface area contributed by atoms with Crippen LogP contribution in [0.2, 0.25) is 0 Å². The molecule has 1 amide bonds. The second-order valence-electron chi connectivity index (χ2n) is 4.32. The monoisotopic (exact) mass is 230 g/mol. The summed E-state index contributed by atoms with van der Waals surface area (Å²) >= 11 is 0. The molecule has 5 nitrogen and oxygen atoms in total. The van der Waals surface area contributed by atoms with Gasteiger partial charge in [-0.1, -0.05) is 12.8 Å². The van der Waals surface area contributed by atoms with Crippen LogP contribution >= 0.6 is 0 Å². The van der Waals surface area contributed by atoms with Crippen LogP contribution < -0.4 is 11.1 Å². The number of methoxy groups -OCH3 is 1. The smallest absolute Gasteiger partial charge is 0.250 e. The molecule has 0 radical (unpaired) electrons. The highest BCUT2D eigenvalue weighted by Crippen LogP contribution is 2.23. The lowest BCUT2D eigenvalue weighted by atomic mass is 9.86. The van der Waals surface area contributed by atoms with Crippen LogP contribution in [0.15, 0.2) is 0 Å². The first kappa shape index (κ1) is 13.4. The Balaban J connectivity index is 2.29. The van der Waals surface area contributed by atoms with Crippen LogP contribution in [0, 0.1) is 5.92 Å². The summed E-state index contributed by atoms with van der Waals surface area (Å²) in [7, 11) is 1.46. The van der Waals surface area contributed by atoms with Gasteiger partial charge in [-0.25, -0.2) is 0 Å². The molecule has 0 bridgehead atoms. The van der Waals surface area contributed by atoms with Crippen LogP contribution in [0.3, 0.4) is 0 Å². The lowest BCUT2D eigenvalue weighted by Gasteiger charge is -2.28. The van der Waals surface area contributed by atoms with E-state index >= 15 is 0 Å². The van der Waals surface area contributed by atoms with Gasteiger partial charge in [0.05, 0.1) is 6.10 Å². The van der Waals surface area contributed by atoms with Gasteiger partial charge in [0.15, 0.2) is 0 Å². The highest BCUT2D eigenvalue weighted by atomic mass is 16.5. The van der Waals surface area contributed by atoms with Gasteiger partial charge in [-0.05, 0) is 12.8 Å². The quantitative estimate of drug-likeness (QED) is 0.601. The molecule has 1 rings (SSSR count). The summed E-state index contributed by atoms with van der Waals surface area (Å²) < 4.78 is 4.93. The number of hydrogen-bond acceptors (Lipinski definition) is 4. The van der Waals surface area contributed by atoms with E-state index in [1.54, 1.807) is 0 Å². The second-order valence-corrected chi connectivity index (χ2v) is 4.32. The van der Waals surface area contributed by atoms with Gasteiger partial charge in [0.25, 0.3) is 0 Å². The molecule has 0 saturated heterocycles. The van der Waals surface area contributed by atoms with E-state index in [0.717, 1.165) is 25.7 Å². The van der Waals surface area contributed by atoms with Gasteiger partial charge in [-0.3, -0.25) is 4.79 Å². The number of nitrogens with two attached hydrogens (primary N) is 1. The predicted molar refractivity (Wildman–Crippen MR) is 60.8 cm³/mol. The van der Waals surface area contributed by atoms with Crippen LogP contribution in [-0.4, -0.2) is 43.4 Å². The van der Waals surface area contributed by atoms with Gasteiger partial charge in [0.1, 0.15) is 6.10 Å². The molecule has 1 fully saturated rings. The third-order valence-electron chi connectivity index (χ3n) is 3.20. The van der Waals surface area contributed by atoms with Crippen molar-refractivity contribution < 1.29 is 14.6 Å². The maximum absolute atomic E-state index is 11.6. The summed E-state index contributed by atoms with van der Waals surface area (Å²) in [4.78, 5) is 11.6. The summed E-state index contributed by atoms with van der Waals surface area (Å²) in [6.07, 6.45) is 3.15. The number of aliphatic hydroxyl groups excluding tert-OH is 1. The van der Waals surface area contributed by atoms with E-state index in [9.17, 15) is 9.90 Å². The Kier molecular flexibility index (Phi) is 5.73. The number of aliphatic hydroxyl groups is 1. The maximum atomic E-state index is 11.6. The van der Waals surface area contributed by atoms with Crippen LogP contribution in [-0.2, 0) is 9.53 Å². The van der Waals surface area contributed by atoms with Crippen molar-refractivity contribution in [1.29, 1.82) is 0 Å². The minimum Gasteiger partial charge on any atom is -0.393 e. The minimum absolute atomic E-state index is 0.174. The molecule has 0 aromatic heterocycles. The first-order valence-electron chi connectivity index (χ1n) is 5.87. The van der Waals surface area contributed by atoms with Crippen molar-refractivity contribution in [2.24, 2.45) is 11.7 Å². The molecular weight excluding hydrogens is 208 g/mol. The highest BCUT2D eigenvalue weighted by Gasteiger charge is 2.24. The van der Waals surface area contributed by atoms with Crippen molar-refractivity contribution in [3.05, 3.63) is 0 Å². The Morgan fingerprint density at radius 2 is 2.25 bits per heavy atom. The van der Waals surface area contributed by atoms with Gasteiger partial charge in [0.2, 0.25) is 5.91 Å². The Hall–Kier alpha value is -0.650. The van der Waals surface area contributed by atoms with Gasteiger partial charge >= 0.3 is 0 Å². The fourth-order valence-corrected chi connectivity index (χ4v) is 2.08. The van der Waals surface area contributed by atoms with Crippen molar-refractivity contribution in [3.63, 3.8) is 0 Å². The fourth-order valence-electron chi connectivity index (χ4n) is 2.08. The number of carbonyl (C=O) groups excluding carboxylic acids is 1. The Bertz CT molecular complexity index is 219. The molecule has 1 aliphatic rings. The molecule has 3 atom stereocenters. The molecule has 16 heavy (non-hydrogen) atoms. The Morgan fingerprint density at radius 1 is 1.56 bits per heavy atom. The summed E-state index contributed by atoms with van der Waals surface area (Å²) in [5, 5.41) is 12.5. The average Bonchev–Trinajstić information content (AvgIpc) is 2.29. The lowest BCUT2D eigenvalue weighted by Crippen LogP contribution is -2.44. The van der Waals surface area contributed by atoms with Crippen molar-refractivity contribution in [1.82, 2.24) is 5.32 Å². The fraction of sp³-hybridized carbons (Fsp3) is 0.909. The number of amides is 1. The van der Waals surface area contributed by atoms with E-state index in [1.807, 2.05) is 0 Å². The third kappa shape index (κ3) is 3.73. The van der Waals surface area contributed by atoms with E-state index in [2.05, 4.69) is 5.32 Å². The van der Waals surface area contributed by atoms with Crippen molar-refractivity contribution in [2.75, 3.05) is 20.2 Å². The first-order valence-corrected chi connectivity index (χ1v) is 5.87. The summed E-state index contributed by atoms with van der Waals surface area (Å²) in [5.74, 6) is -0.0178. The Morgan fingerprint density at radius 3 is 2.81 bits per heavy atom. The topological polar surface area (TPSA) is 84.6 Å². The first-order chi connectivity index (χ1) is 7.69. The number of ether oxygens (including phenoxy) is 1. The van der Waals surface area contributed by atoms with E-state index in [0.29, 0.717) is 6.54 Å². The molecule has 1 saturated carbocycles. The number of rotatable bonds is 5. The molecule has 5 heteroatoms. The second kappa shape index (κ2) is 6.83. The van der Waals surface area contributed by atoms with E-state index in [1.165, 1.54) is 7.11 Å². The summed E-state index contributed by atoms with van der Waals surface area (Å²) in [5.41, 5.74) is 5.39. The van der Waals surface area contributed by atoms with Crippen molar-refractivity contribution in [3.8, 4) is 0 Å². The molecule has 4 N–H and O–H groups in total. The van der Waals surface area contributed by atoms with Gasteiger partial charge in [-0.15, -0.1) is 0 Å². The molecule has 0 heterocycles. The van der Waals surface area contributed by atoms with E-state index in [-0.39, 0.29) is 24.5 Å². The number of carbonyl (C=O) groups is 1. The van der Waals surface area contributed by atoms with Gasteiger partial charge < -0.3 is 20.9 Å². The molecule has 0 aromatic carbocycles. The zero-order valence-corrected chi connectivity index (χ0v) is 9.82. The van der Waals surface area contributed by atoms with E-state index in [4.69, 9.17) is 10.5 Å².